The van der Waals surface area contributed by atoms with Crippen molar-refractivity contribution in [1.82, 2.24) is 4.90 Å². The maximum absolute atomic E-state index is 13.6. The molecule has 150 valence electrons. The third-order valence-corrected chi connectivity index (χ3v) is 8.72. The van der Waals surface area contributed by atoms with Crippen LogP contribution in [-0.2, 0) is 20.0 Å². The Morgan fingerprint density at radius 2 is 1.81 bits per heavy atom. The smallest absolute Gasteiger partial charge is 0.233 e. The first-order chi connectivity index (χ1) is 12.8. The first kappa shape index (κ1) is 20.0. The number of fused-ring (bicyclic) bond motifs is 1. The van der Waals surface area contributed by atoms with Crippen molar-refractivity contribution in [3.8, 4) is 11.5 Å². The summed E-state index contributed by atoms with van der Waals surface area (Å²) >= 11 is 0. The number of nitrogens with zero attached hydrogens (tertiary/aromatic N) is 1. The number of hydrogen-bond donors (Lipinski definition) is 0. The molecule has 0 N–H and O–H groups in total. The van der Waals surface area contributed by atoms with E-state index in [4.69, 9.17) is 9.47 Å². The molecule has 2 fully saturated rings. The van der Waals surface area contributed by atoms with Gasteiger partial charge in [-0.25, -0.2) is 8.42 Å². The van der Waals surface area contributed by atoms with Crippen molar-refractivity contribution in [1.29, 1.82) is 0 Å². The Labute approximate surface area is 161 Å². The molecule has 7 heteroatoms. The van der Waals surface area contributed by atoms with Gasteiger partial charge < -0.3 is 14.4 Å². The van der Waals surface area contributed by atoms with E-state index in [1.54, 1.807) is 19.1 Å². The van der Waals surface area contributed by atoms with Crippen molar-refractivity contribution in [3.63, 3.8) is 0 Å². The zero-order chi connectivity index (χ0) is 19.8. The van der Waals surface area contributed by atoms with E-state index in [1.807, 2.05) is 32.0 Å². The molecule has 2 saturated heterocycles. The van der Waals surface area contributed by atoms with Gasteiger partial charge in [-0.2, -0.15) is 0 Å². The van der Waals surface area contributed by atoms with Gasteiger partial charge in [0.25, 0.3) is 0 Å². The van der Waals surface area contributed by atoms with E-state index in [-0.39, 0.29) is 17.6 Å². The van der Waals surface area contributed by atoms with Gasteiger partial charge in [0.1, 0.15) is 0 Å². The van der Waals surface area contributed by atoms with Gasteiger partial charge in [0.15, 0.2) is 21.3 Å². The van der Waals surface area contributed by atoms with Gasteiger partial charge in [0.2, 0.25) is 5.91 Å². The molecule has 2 aliphatic rings. The van der Waals surface area contributed by atoms with Gasteiger partial charge in [0, 0.05) is 13.1 Å². The number of carbonyl (C=O) groups excluding carboxylic acids is 1. The highest BCUT2D eigenvalue weighted by atomic mass is 32.2. The van der Waals surface area contributed by atoms with E-state index in [2.05, 4.69) is 0 Å². The number of sulfone groups is 1. The molecule has 2 atom stereocenters. The quantitative estimate of drug-likeness (QED) is 0.740. The number of carbonyl (C=O) groups is 1. The third kappa shape index (κ3) is 3.20. The van der Waals surface area contributed by atoms with E-state index >= 15 is 0 Å². The Hall–Kier alpha value is -1.76. The average Bonchev–Trinajstić information content (AvgIpc) is 3.23. The summed E-state index contributed by atoms with van der Waals surface area (Å²) in [6.45, 7) is 4.87. The van der Waals surface area contributed by atoms with Crippen LogP contribution >= 0.6 is 0 Å². The topological polar surface area (TPSA) is 72.9 Å². The average molecular weight is 396 g/mol. The third-order valence-electron chi connectivity index (χ3n) is 6.46. The molecule has 1 aromatic carbocycles. The Morgan fingerprint density at radius 1 is 1.15 bits per heavy atom. The maximum atomic E-state index is 13.6. The van der Waals surface area contributed by atoms with Gasteiger partial charge in [-0.3, -0.25) is 4.79 Å². The molecule has 0 aromatic heterocycles. The van der Waals surface area contributed by atoms with E-state index in [9.17, 15) is 13.2 Å². The summed E-state index contributed by atoms with van der Waals surface area (Å²) in [5, 5.41) is -0.390. The highest BCUT2D eigenvalue weighted by Gasteiger charge is 2.50. The van der Waals surface area contributed by atoms with Crippen molar-refractivity contribution >= 4 is 15.7 Å². The molecule has 0 radical (unpaired) electrons. The number of rotatable bonds is 6. The Bertz CT molecular complexity index is 816. The first-order valence-corrected chi connectivity index (χ1v) is 11.3. The normalized spacial score (nSPS) is 23.9. The number of ether oxygens (including phenoxy) is 2. The van der Waals surface area contributed by atoms with Crippen LogP contribution in [0.4, 0.5) is 0 Å². The number of likely N-dealkylation sites (tertiary alicyclic amines) is 1. The highest BCUT2D eigenvalue weighted by molar-refractivity contribution is 7.92. The lowest BCUT2D eigenvalue weighted by Crippen LogP contribution is -2.46. The molecule has 0 unspecified atom stereocenters. The van der Waals surface area contributed by atoms with Crippen molar-refractivity contribution < 1.29 is 22.7 Å². The van der Waals surface area contributed by atoms with Crippen LogP contribution < -0.4 is 9.47 Å². The van der Waals surface area contributed by atoms with Gasteiger partial charge in [-0.05, 0) is 42.9 Å². The molecule has 0 aliphatic carbocycles. The second kappa shape index (κ2) is 7.34. The van der Waals surface area contributed by atoms with Crippen LogP contribution in [-0.4, -0.2) is 57.5 Å². The fraction of sp³-hybridized carbons (Fsp3) is 0.650. The molecule has 0 spiro atoms. The molecular weight excluding hydrogens is 366 g/mol. The van der Waals surface area contributed by atoms with Crippen LogP contribution in [0.25, 0.3) is 0 Å². The molecule has 27 heavy (non-hydrogen) atoms. The zero-order valence-corrected chi connectivity index (χ0v) is 17.3. The van der Waals surface area contributed by atoms with Crippen LogP contribution in [0, 0.1) is 5.92 Å². The summed E-state index contributed by atoms with van der Waals surface area (Å²) in [5.74, 6) is 1.57. The molecule has 0 bridgehead atoms. The molecule has 6 nitrogen and oxygen atoms in total. The molecule has 2 aliphatic heterocycles. The molecular formula is C20H29NO5S. The fourth-order valence-corrected chi connectivity index (χ4v) is 6.83. The van der Waals surface area contributed by atoms with Crippen LogP contribution in [0.1, 0.15) is 38.7 Å². The number of amides is 1. The summed E-state index contributed by atoms with van der Waals surface area (Å²) in [6.07, 6.45) is 1.94. The maximum Gasteiger partial charge on any atom is 0.233 e. The summed E-state index contributed by atoms with van der Waals surface area (Å²) in [5.41, 5.74) is 0.192. The van der Waals surface area contributed by atoms with E-state index < -0.39 is 20.5 Å². The first-order valence-electron chi connectivity index (χ1n) is 9.56. The molecule has 0 saturated carbocycles. The summed E-state index contributed by atoms with van der Waals surface area (Å²) in [6, 6.07) is 5.61. The van der Waals surface area contributed by atoms with Gasteiger partial charge in [0.05, 0.1) is 30.6 Å². The lowest BCUT2D eigenvalue weighted by Gasteiger charge is -2.35. The molecule has 1 aromatic rings. The van der Waals surface area contributed by atoms with Crippen LogP contribution in [0.3, 0.4) is 0 Å². The molecule has 1 amide bonds. The standard InChI is InChI=1S/C20H29NO5S/c1-5-20(6-2,15-7-8-16(25-3)17(11-15)26-4)19(22)21-12-14-9-10-27(23,24)18(14)13-21/h7-8,11,14,18H,5-6,9-10,12-13H2,1-4H3/t14-,18+/m0/s1. The van der Waals surface area contributed by atoms with Crippen molar-refractivity contribution in [3.05, 3.63) is 23.8 Å². The number of hydrogen-bond acceptors (Lipinski definition) is 5. The Morgan fingerprint density at radius 3 is 2.37 bits per heavy atom. The van der Waals surface area contributed by atoms with Crippen LogP contribution in [0.15, 0.2) is 18.2 Å². The largest absolute Gasteiger partial charge is 0.493 e. The number of benzene rings is 1. The lowest BCUT2D eigenvalue weighted by atomic mass is 9.74. The fourth-order valence-electron chi connectivity index (χ4n) is 4.68. The summed E-state index contributed by atoms with van der Waals surface area (Å²) < 4.78 is 35.3. The monoisotopic (exact) mass is 395 g/mol. The van der Waals surface area contributed by atoms with Gasteiger partial charge in [-0.1, -0.05) is 19.9 Å². The van der Waals surface area contributed by atoms with E-state index in [0.29, 0.717) is 43.9 Å². The zero-order valence-electron chi connectivity index (χ0n) is 16.5. The van der Waals surface area contributed by atoms with Gasteiger partial charge >= 0.3 is 0 Å². The number of methoxy groups -OCH3 is 2. The second-order valence-electron chi connectivity index (χ2n) is 7.52. The van der Waals surface area contributed by atoms with E-state index in [0.717, 1.165) is 5.56 Å². The van der Waals surface area contributed by atoms with Crippen LogP contribution in [0.2, 0.25) is 0 Å². The lowest BCUT2D eigenvalue weighted by molar-refractivity contribution is -0.137. The summed E-state index contributed by atoms with van der Waals surface area (Å²) in [4.78, 5) is 15.4. The Balaban J connectivity index is 1.94. The second-order valence-corrected chi connectivity index (χ2v) is 9.86. The highest BCUT2D eigenvalue weighted by Crippen LogP contribution is 2.41. The predicted octanol–water partition coefficient (Wildman–Crippen LogP) is 2.41. The van der Waals surface area contributed by atoms with Crippen molar-refractivity contribution in [2.45, 2.75) is 43.8 Å². The summed E-state index contributed by atoms with van der Waals surface area (Å²) in [7, 11) is 0.0973. The minimum atomic E-state index is -3.06. The van der Waals surface area contributed by atoms with Crippen molar-refractivity contribution in [2.24, 2.45) is 5.92 Å². The minimum absolute atomic E-state index is 0.0179. The minimum Gasteiger partial charge on any atom is -0.493 e. The van der Waals surface area contributed by atoms with Gasteiger partial charge in [-0.15, -0.1) is 0 Å². The SMILES string of the molecule is CCC(CC)(C(=O)N1C[C@@H]2CCS(=O)(=O)[C@@H]2C1)c1ccc(OC)c(OC)c1. The van der Waals surface area contributed by atoms with Crippen molar-refractivity contribution in [2.75, 3.05) is 33.1 Å². The molecule has 2 heterocycles. The Kier molecular flexibility index (Phi) is 5.43. The molecule has 3 rings (SSSR count). The van der Waals surface area contributed by atoms with E-state index in [1.165, 1.54) is 0 Å². The predicted molar refractivity (Wildman–Crippen MR) is 104 cm³/mol. The van der Waals surface area contributed by atoms with Crippen LogP contribution in [0.5, 0.6) is 11.5 Å².